The second kappa shape index (κ2) is 5.66. The van der Waals surface area contributed by atoms with Crippen LogP contribution >= 0.6 is 0 Å². The van der Waals surface area contributed by atoms with E-state index in [1.807, 2.05) is 0 Å². The molecule has 1 fully saturated rings. The predicted molar refractivity (Wildman–Crippen MR) is 63.7 cm³/mol. The lowest BCUT2D eigenvalue weighted by Crippen LogP contribution is -2.41. The van der Waals surface area contributed by atoms with E-state index in [1.165, 1.54) is 16.8 Å². The lowest BCUT2D eigenvalue weighted by molar-refractivity contribution is -0.0463. The minimum Gasteiger partial charge on any atom is -0.395 e. The molecule has 0 unspecified atom stereocenters. The first-order valence-electron chi connectivity index (χ1n) is 5.95. The van der Waals surface area contributed by atoms with Crippen molar-refractivity contribution in [3.8, 4) is 0 Å². The van der Waals surface area contributed by atoms with E-state index in [-0.39, 0.29) is 26.2 Å². The Labute approximate surface area is 108 Å². The summed E-state index contributed by atoms with van der Waals surface area (Å²) in [5.74, 6) is 0. The fourth-order valence-electron chi connectivity index (χ4n) is 2.11. The molecular weight excluding hydrogens is 256 g/mol. The number of aromatic nitrogens is 2. The summed E-state index contributed by atoms with van der Waals surface area (Å²) in [5, 5.41) is 27.5. The number of hydrogen-bond acceptors (Lipinski definition) is 6. The maximum Gasteiger partial charge on any atom is 0.333 e. The highest BCUT2D eigenvalue weighted by Crippen LogP contribution is 2.26. The van der Waals surface area contributed by atoms with E-state index in [2.05, 4.69) is 0 Å². The van der Waals surface area contributed by atoms with Crippen molar-refractivity contribution < 1.29 is 20.1 Å². The zero-order valence-electron chi connectivity index (χ0n) is 10.2. The molecule has 0 aromatic carbocycles. The van der Waals surface area contributed by atoms with Crippen molar-refractivity contribution >= 4 is 0 Å². The first-order valence-corrected chi connectivity index (χ1v) is 5.95. The molecule has 1 aromatic heterocycles. The Morgan fingerprint density at radius 3 is 2.68 bits per heavy atom. The van der Waals surface area contributed by atoms with Crippen molar-refractivity contribution in [2.75, 3.05) is 13.2 Å². The maximum atomic E-state index is 12.1. The van der Waals surface area contributed by atoms with Crippen molar-refractivity contribution in [2.45, 2.75) is 31.4 Å². The molecular formula is C11H16N2O6. The van der Waals surface area contributed by atoms with E-state index in [1.54, 1.807) is 0 Å². The standard InChI is InChI=1S/C11H16N2O6/c14-4-3-12-9(17)1-2-13(11(12)18)10-5-7(16)8(6-15)19-10/h1-2,7-8,10,14-16H,3-6H2/t7-,8+,10+/m0/s1. The minimum absolute atomic E-state index is 0.1000. The molecule has 1 aliphatic rings. The van der Waals surface area contributed by atoms with Crippen LogP contribution in [0.25, 0.3) is 0 Å². The van der Waals surface area contributed by atoms with Gasteiger partial charge < -0.3 is 20.1 Å². The molecule has 2 rings (SSSR count). The van der Waals surface area contributed by atoms with Gasteiger partial charge in [0.25, 0.3) is 5.56 Å². The Kier molecular flexibility index (Phi) is 4.15. The van der Waals surface area contributed by atoms with Crippen molar-refractivity contribution in [1.29, 1.82) is 0 Å². The first-order chi connectivity index (χ1) is 9.08. The van der Waals surface area contributed by atoms with Gasteiger partial charge in [-0.1, -0.05) is 0 Å². The molecule has 1 saturated heterocycles. The van der Waals surface area contributed by atoms with Crippen molar-refractivity contribution in [3.63, 3.8) is 0 Å². The molecule has 3 atom stereocenters. The van der Waals surface area contributed by atoms with Crippen molar-refractivity contribution in [1.82, 2.24) is 9.13 Å². The fourth-order valence-corrected chi connectivity index (χ4v) is 2.11. The average molecular weight is 272 g/mol. The third-order valence-corrected chi connectivity index (χ3v) is 3.11. The Balaban J connectivity index is 2.34. The molecule has 3 N–H and O–H groups in total. The normalized spacial score (nSPS) is 26.8. The second-order valence-corrected chi connectivity index (χ2v) is 4.33. The molecule has 2 heterocycles. The van der Waals surface area contributed by atoms with Crippen LogP contribution in [0.2, 0.25) is 0 Å². The van der Waals surface area contributed by atoms with Crippen LogP contribution in [0.3, 0.4) is 0 Å². The van der Waals surface area contributed by atoms with Crippen molar-refractivity contribution in [3.05, 3.63) is 33.1 Å². The molecule has 0 saturated carbocycles. The number of aliphatic hydroxyl groups excluding tert-OH is 3. The van der Waals surface area contributed by atoms with Crippen LogP contribution in [-0.2, 0) is 11.3 Å². The molecule has 1 aliphatic heterocycles. The summed E-state index contributed by atoms with van der Waals surface area (Å²) in [7, 11) is 0. The van der Waals surface area contributed by atoms with Crippen LogP contribution < -0.4 is 11.2 Å². The summed E-state index contributed by atoms with van der Waals surface area (Å²) in [6.45, 7) is -0.771. The summed E-state index contributed by atoms with van der Waals surface area (Å²) in [5.41, 5.74) is -1.12. The molecule has 8 nitrogen and oxygen atoms in total. The molecule has 0 aliphatic carbocycles. The van der Waals surface area contributed by atoms with Gasteiger partial charge in [0, 0.05) is 18.7 Å². The van der Waals surface area contributed by atoms with E-state index in [4.69, 9.17) is 14.9 Å². The summed E-state index contributed by atoms with van der Waals surface area (Å²) in [4.78, 5) is 23.5. The fraction of sp³-hybridized carbons (Fsp3) is 0.636. The molecule has 0 amide bonds. The lowest BCUT2D eigenvalue weighted by atomic mass is 10.2. The number of nitrogens with zero attached hydrogens (tertiary/aromatic N) is 2. The van der Waals surface area contributed by atoms with Gasteiger partial charge in [0.1, 0.15) is 12.3 Å². The topological polar surface area (TPSA) is 114 Å². The van der Waals surface area contributed by atoms with Crippen LogP contribution in [-0.4, -0.2) is 49.9 Å². The SMILES string of the molecule is O=c1ccn([C@H]2C[C@H](O)[C@@H](CO)O2)c(=O)n1CCO. The second-order valence-electron chi connectivity index (χ2n) is 4.33. The van der Waals surface area contributed by atoms with Crippen LogP contribution in [0, 0.1) is 0 Å². The third kappa shape index (κ3) is 2.61. The van der Waals surface area contributed by atoms with Crippen LogP contribution in [0.1, 0.15) is 12.6 Å². The monoisotopic (exact) mass is 272 g/mol. The van der Waals surface area contributed by atoms with E-state index >= 15 is 0 Å². The predicted octanol–water partition coefficient (Wildman–Crippen LogP) is -2.36. The third-order valence-electron chi connectivity index (χ3n) is 3.11. The van der Waals surface area contributed by atoms with Crippen LogP contribution in [0.15, 0.2) is 21.9 Å². The first kappa shape index (κ1) is 13.9. The Hall–Kier alpha value is -1.48. The Morgan fingerprint density at radius 1 is 1.37 bits per heavy atom. The summed E-state index contributed by atoms with van der Waals surface area (Å²) < 4.78 is 7.42. The molecule has 19 heavy (non-hydrogen) atoms. The zero-order chi connectivity index (χ0) is 14.0. The smallest absolute Gasteiger partial charge is 0.333 e. The quantitative estimate of drug-likeness (QED) is 0.565. The maximum absolute atomic E-state index is 12.1. The molecule has 106 valence electrons. The summed E-state index contributed by atoms with van der Waals surface area (Å²) >= 11 is 0. The largest absolute Gasteiger partial charge is 0.395 e. The molecule has 1 aromatic rings. The highest BCUT2D eigenvalue weighted by Gasteiger charge is 2.35. The van der Waals surface area contributed by atoms with Crippen LogP contribution in [0.5, 0.6) is 0 Å². The number of hydrogen-bond donors (Lipinski definition) is 3. The van der Waals surface area contributed by atoms with Gasteiger partial charge >= 0.3 is 5.69 Å². The van der Waals surface area contributed by atoms with Gasteiger partial charge in [0.05, 0.1) is 25.9 Å². The van der Waals surface area contributed by atoms with Gasteiger partial charge in [-0.15, -0.1) is 0 Å². The van der Waals surface area contributed by atoms with Crippen LogP contribution in [0.4, 0.5) is 0 Å². The summed E-state index contributed by atoms with van der Waals surface area (Å²) in [6, 6.07) is 1.19. The molecule has 0 radical (unpaired) electrons. The Morgan fingerprint density at radius 2 is 2.11 bits per heavy atom. The summed E-state index contributed by atoms with van der Waals surface area (Å²) in [6.07, 6.45) is -0.890. The highest BCUT2D eigenvalue weighted by molar-refractivity contribution is 4.90. The highest BCUT2D eigenvalue weighted by atomic mass is 16.5. The van der Waals surface area contributed by atoms with E-state index in [0.29, 0.717) is 0 Å². The molecule has 0 bridgehead atoms. The number of aliphatic hydroxyl groups is 3. The Bertz CT molecular complexity index is 551. The number of ether oxygens (including phenoxy) is 1. The minimum atomic E-state index is -0.861. The molecule has 8 heteroatoms. The van der Waals surface area contributed by atoms with Gasteiger partial charge in [0.15, 0.2) is 0 Å². The van der Waals surface area contributed by atoms with Gasteiger partial charge in [-0.25, -0.2) is 4.79 Å². The molecule has 0 spiro atoms. The van der Waals surface area contributed by atoms with Crippen molar-refractivity contribution in [2.24, 2.45) is 0 Å². The van der Waals surface area contributed by atoms with E-state index < -0.39 is 29.7 Å². The lowest BCUT2D eigenvalue weighted by Gasteiger charge is -2.15. The van der Waals surface area contributed by atoms with Gasteiger partial charge in [-0.2, -0.15) is 0 Å². The van der Waals surface area contributed by atoms with Gasteiger partial charge in [0.2, 0.25) is 0 Å². The zero-order valence-corrected chi connectivity index (χ0v) is 10.2. The average Bonchev–Trinajstić information content (AvgIpc) is 2.75. The van der Waals surface area contributed by atoms with E-state index in [9.17, 15) is 14.7 Å². The van der Waals surface area contributed by atoms with E-state index in [0.717, 1.165) is 4.57 Å². The van der Waals surface area contributed by atoms with Gasteiger partial charge in [-0.3, -0.25) is 13.9 Å². The number of rotatable bonds is 4. The van der Waals surface area contributed by atoms with Gasteiger partial charge in [-0.05, 0) is 0 Å².